The zero-order chi connectivity index (χ0) is 9.60. The third kappa shape index (κ3) is 1.01. The second-order valence-electron chi connectivity index (χ2n) is 4.75. The van der Waals surface area contributed by atoms with Gasteiger partial charge in [0.15, 0.2) is 0 Å². The average molecular weight is 188 g/mol. The van der Waals surface area contributed by atoms with Crippen LogP contribution < -0.4 is 4.74 Å². The van der Waals surface area contributed by atoms with E-state index in [1.54, 1.807) is 0 Å². The van der Waals surface area contributed by atoms with E-state index in [1.165, 1.54) is 31.2 Å². The SMILES string of the molecule is CC12CCCCC1c1ccccc1O2. The van der Waals surface area contributed by atoms with Gasteiger partial charge in [0.1, 0.15) is 11.4 Å². The summed E-state index contributed by atoms with van der Waals surface area (Å²) in [6, 6.07) is 8.54. The molecule has 3 rings (SSSR count). The first-order chi connectivity index (χ1) is 6.80. The van der Waals surface area contributed by atoms with Crippen molar-refractivity contribution in [3.8, 4) is 5.75 Å². The molecule has 1 saturated carbocycles. The summed E-state index contributed by atoms with van der Waals surface area (Å²) in [6.45, 7) is 2.27. The molecule has 1 aromatic carbocycles. The molecule has 1 aliphatic carbocycles. The maximum absolute atomic E-state index is 6.10. The van der Waals surface area contributed by atoms with Gasteiger partial charge in [-0.05, 0) is 32.3 Å². The third-order valence-electron chi connectivity index (χ3n) is 3.79. The monoisotopic (exact) mass is 188 g/mol. The van der Waals surface area contributed by atoms with Crippen molar-refractivity contribution in [1.29, 1.82) is 0 Å². The minimum absolute atomic E-state index is 0.0991. The molecular formula is C13H16O. The normalized spacial score (nSPS) is 34.5. The van der Waals surface area contributed by atoms with Crippen LogP contribution in [0.15, 0.2) is 24.3 Å². The Balaban J connectivity index is 2.07. The number of para-hydroxylation sites is 1. The van der Waals surface area contributed by atoms with Crippen LogP contribution >= 0.6 is 0 Å². The average Bonchev–Trinajstić information content (AvgIpc) is 2.49. The van der Waals surface area contributed by atoms with Gasteiger partial charge in [0, 0.05) is 11.5 Å². The van der Waals surface area contributed by atoms with E-state index in [-0.39, 0.29) is 5.60 Å². The van der Waals surface area contributed by atoms with E-state index < -0.39 is 0 Å². The van der Waals surface area contributed by atoms with E-state index >= 15 is 0 Å². The highest BCUT2D eigenvalue weighted by Crippen LogP contribution is 2.51. The fourth-order valence-corrected chi connectivity index (χ4v) is 3.02. The molecule has 14 heavy (non-hydrogen) atoms. The van der Waals surface area contributed by atoms with Crippen molar-refractivity contribution in [2.75, 3.05) is 0 Å². The quantitative estimate of drug-likeness (QED) is 0.605. The maximum Gasteiger partial charge on any atom is 0.123 e. The standard InChI is InChI=1S/C13H16O/c1-13-9-5-4-7-11(13)10-6-2-3-8-12(10)14-13/h2-3,6,8,11H,4-5,7,9H2,1H3. The van der Waals surface area contributed by atoms with Crippen LogP contribution in [0.5, 0.6) is 5.75 Å². The lowest BCUT2D eigenvalue weighted by Crippen LogP contribution is -2.36. The molecule has 2 aliphatic rings. The highest BCUT2D eigenvalue weighted by molar-refractivity contribution is 5.43. The Hall–Kier alpha value is -0.980. The van der Waals surface area contributed by atoms with Crippen LogP contribution in [0.3, 0.4) is 0 Å². The molecule has 1 aromatic rings. The van der Waals surface area contributed by atoms with Gasteiger partial charge >= 0.3 is 0 Å². The number of ether oxygens (including phenoxy) is 1. The lowest BCUT2D eigenvalue weighted by molar-refractivity contribution is 0.0548. The van der Waals surface area contributed by atoms with Crippen LogP contribution in [0.1, 0.15) is 44.1 Å². The fourth-order valence-electron chi connectivity index (χ4n) is 3.02. The molecular weight excluding hydrogens is 172 g/mol. The summed E-state index contributed by atoms with van der Waals surface area (Å²) in [5.41, 5.74) is 1.54. The maximum atomic E-state index is 6.10. The number of hydrogen-bond donors (Lipinski definition) is 0. The van der Waals surface area contributed by atoms with Gasteiger partial charge in [-0.1, -0.05) is 24.6 Å². The van der Waals surface area contributed by atoms with Crippen LogP contribution in [0.25, 0.3) is 0 Å². The van der Waals surface area contributed by atoms with Crippen molar-refractivity contribution in [2.24, 2.45) is 0 Å². The molecule has 1 aliphatic heterocycles. The molecule has 2 unspecified atom stereocenters. The topological polar surface area (TPSA) is 9.23 Å². The van der Waals surface area contributed by atoms with Crippen molar-refractivity contribution in [2.45, 2.75) is 44.1 Å². The summed E-state index contributed by atoms with van der Waals surface area (Å²) < 4.78 is 6.10. The summed E-state index contributed by atoms with van der Waals surface area (Å²) in [4.78, 5) is 0. The fraction of sp³-hybridized carbons (Fsp3) is 0.538. The number of benzene rings is 1. The van der Waals surface area contributed by atoms with E-state index in [9.17, 15) is 0 Å². The van der Waals surface area contributed by atoms with E-state index in [0.29, 0.717) is 5.92 Å². The predicted molar refractivity (Wildman–Crippen MR) is 56.7 cm³/mol. The number of fused-ring (bicyclic) bond motifs is 3. The zero-order valence-corrected chi connectivity index (χ0v) is 8.62. The molecule has 74 valence electrons. The van der Waals surface area contributed by atoms with Gasteiger partial charge in [-0.25, -0.2) is 0 Å². The van der Waals surface area contributed by atoms with Gasteiger partial charge in [0.25, 0.3) is 0 Å². The third-order valence-corrected chi connectivity index (χ3v) is 3.79. The molecule has 1 fully saturated rings. The highest BCUT2D eigenvalue weighted by atomic mass is 16.5. The van der Waals surface area contributed by atoms with E-state index in [0.717, 1.165) is 5.75 Å². The van der Waals surface area contributed by atoms with Crippen LogP contribution in [-0.4, -0.2) is 5.60 Å². The molecule has 1 heterocycles. The molecule has 0 bridgehead atoms. The lowest BCUT2D eigenvalue weighted by atomic mass is 9.75. The molecule has 0 saturated heterocycles. The van der Waals surface area contributed by atoms with Gasteiger partial charge in [0.05, 0.1) is 0 Å². The highest BCUT2D eigenvalue weighted by Gasteiger charge is 2.45. The van der Waals surface area contributed by atoms with Crippen molar-refractivity contribution in [1.82, 2.24) is 0 Å². The largest absolute Gasteiger partial charge is 0.487 e. The molecule has 0 spiro atoms. The summed E-state index contributed by atoms with van der Waals surface area (Å²) >= 11 is 0. The first kappa shape index (κ1) is 8.34. The summed E-state index contributed by atoms with van der Waals surface area (Å²) in [5.74, 6) is 1.77. The van der Waals surface area contributed by atoms with Gasteiger partial charge in [-0.3, -0.25) is 0 Å². The lowest BCUT2D eigenvalue weighted by Gasteiger charge is -2.34. The minimum Gasteiger partial charge on any atom is -0.487 e. The molecule has 0 N–H and O–H groups in total. The molecule has 0 amide bonds. The first-order valence-corrected chi connectivity index (χ1v) is 5.57. The Morgan fingerprint density at radius 2 is 2.14 bits per heavy atom. The van der Waals surface area contributed by atoms with Crippen LogP contribution in [0.4, 0.5) is 0 Å². The van der Waals surface area contributed by atoms with Gasteiger partial charge in [-0.15, -0.1) is 0 Å². The van der Waals surface area contributed by atoms with Crippen LogP contribution in [-0.2, 0) is 0 Å². The van der Waals surface area contributed by atoms with Gasteiger partial charge < -0.3 is 4.74 Å². The Morgan fingerprint density at radius 3 is 3.07 bits per heavy atom. The molecule has 0 aromatic heterocycles. The second kappa shape index (κ2) is 2.75. The summed E-state index contributed by atoms with van der Waals surface area (Å²) in [7, 11) is 0. The Labute approximate surface area is 85.1 Å². The second-order valence-corrected chi connectivity index (χ2v) is 4.75. The van der Waals surface area contributed by atoms with Crippen molar-refractivity contribution in [3.63, 3.8) is 0 Å². The summed E-state index contributed by atoms with van der Waals surface area (Å²) in [6.07, 6.45) is 5.19. The van der Waals surface area contributed by atoms with E-state index in [2.05, 4.69) is 31.2 Å². The number of rotatable bonds is 0. The van der Waals surface area contributed by atoms with Crippen molar-refractivity contribution < 1.29 is 4.74 Å². The first-order valence-electron chi connectivity index (χ1n) is 5.57. The predicted octanol–water partition coefficient (Wildman–Crippen LogP) is 3.50. The number of hydrogen-bond acceptors (Lipinski definition) is 1. The Kier molecular flexibility index (Phi) is 1.64. The van der Waals surface area contributed by atoms with Crippen LogP contribution in [0.2, 0.25) is 0 Å². The van der Waals surface area contributed by atoms with Gasteiger partial charge in [-0.2, -0.15) is 0 Å². The minimum atomic E-state index is 0.0991. The van der Waals surface area contributed by atoms with Crippen molar-refractivity contribution in [3.05, 3.63) is 29.8 Å². The Morgan fingerprint density at radius 1 is 1.29 bits per heavy atom. The van der Waals surface area contributed by atoms with Crippen LogP contribution in [0, 0.1) is 0 Å². The zero-order valence-electron chi connectivity index (χ0n) is 8.62. The smallest absolute Gasteiger partial charge is 0.123 e. The molecule has 0 radical (unpaired) electrons. The molecule has 2 atom stereocenters. The van der Waals surface area contributed by atoms with Gasteiger partial charge in [0.2, 0.25) is 0 Å². The molecule has 1 nitrogen and oxygen atoms in total. The van der Waals surface area contributed by atoms with Crippen molar-refractivity contribution >= 4 is 0 Å². The molecule has 1 heteroatoms. The Bertz CT molecular complexity index is 358. The summed E-state index contributed by atoms with van der Waals surface area (Å²) in [5, 5.41) is 0. The van der Waals surface area contributed by atoms with E-state index in [1.807, 2.05) is 0 Å². The van der Waals surface area contributed by atoms with E-state index in [4.69, 9.17) is 4.74 Å².